The van der Waals surface area contributed by atoms with Crippen LogP contribution in [0.2, 0.25) is 0 Å². The predicted molar refractivity (Wildman–Crippen MR) is 101 cm³/mol. The van der Waals surface area contributed by atoms with Gasteiger partial charge in [-0.1, -0.05) is 37.3 Å². The zero-order chi connectivity index (χ0) is 19.8. The fraction of sp³-hybridized carbons (Fsp3) is 0.250. The highest BCUT2D eigenvalue weighted by atomic mass is 16.5. The first-order valence-electron chi connectivity index (χ1n) is 8.42. The monoisotopic (exact) mass is 370 g/mol. The van der Waals surface area contributed by atoms with Crippen LogP contribution in [-0.2, 0) is 9.47 Å². The first-order chi connectivity index (χ1) is 13.0. The average molecular weight is 370 g/mol. The molecule has 2 amide bonds. The van der Waals surface area contributed by atoms with Crippen molar-refractivity contribution in [2.24, 2.45) is 0 Å². The van der Waals surface area contributed by atoms with E-state index in [0.717, 1.165) is 5.56 Å². The Bertz CT molecular complexity index is 786. The smallest absolute Gasteiger partial charge is 0.337 e. The third-order valence-corrected chi connectivity index (χ3v) is 3.95. The summed E-state index contributed by atoms with van der Waals surface area (Å²) in [6.07, 6.45) is 0.701. The highest BCUT2D eigenvalue weighted by molar-refractivity contribution is 5.99. The van der Waals surface area contributed by atoms with E-state index in [4.69, 9.17) is 0 Å². The first-order valence-corrected chi connectivity index (χ1v) is 8.42. The zero-order valence-electron chi connectivity index (χ0n) is 15.4. The number of urea groups is 1. The van der Waals surface area contributed by atoms with Crippen molar-refractivity contribution >= 4 is 23.7 Å². The molecular formula is C20H22N2O5. The van der Waals surface area contributed by atoms with E-state index < -0.39 is 18.0 Å². The van der Waals surface area contributed by atoms with Gasteiger partial charge in [-0.2, -0.15) is 0 Å². The number of benzene rings is 2. The number of carbonyl (C=O) groups excluding carboxylic acids is 3. The molecule has 0 saturated heterocycles. The van der Waals surface area contributed by atoms with E-state index in [2.05, 4.69) is 20.1 Å². The summed E-state index contributed by atoms with van der Waals surface area (Å²) in [7, 11) is 2.47. The first kappa shape index (κ1) is 20.0. The number of esters is 2. The molecule has 2 N–H and O–H groups in total. The molecule has 1 atom stereocenters. The fourth-order valence-electron chi connectivity index (χ4n) is 2.60. The van der Waals surface area contributed by atoms with Crippen molar-refractivity contribution in [2.75, 3.05) is 19.5 Å². The zero-order valence-corrected chi connectivity index (χ0v) is 15.4. The van der Waals surface area contributed by atoms with Crippen LogP contribution in [-0.4, -0.2) is 32.2 Å². The number of hydrogen-bond donors (Lipinski definition) is 2. The van der Waals surface area contributed by atoms with Gasteiger partial charge < -0.3 is 20.1 Å². The Hall–Kier alpha value is -3.35. The van der Waals surface area contributed by atoms with Gasteiger partial charge in [-0.05, 0) is 30.2 Å². The van der Waals surface area contributed by atoms with Crippen molar-refractivity contribution in [2.45, 2.75) is 19.4 Å². The van der Waals surface area contributed by atoms with Crippen molar-refractivity contribution < 1.29 is 23.9 Å². The molecular weight excluding hydrogens is 348 g/mol. The van der Waals surface area contributed by atoms with E-state index in [-0.39, 0.29) is 22.9 Å². The summed E-state index contributed by atoms with van der Waals surface area (Å²) in [5.74, 6) is -1.25. The van der Waals surface area contributed by atoms with Gasteiger partial charge in [0.1, 0.15) is 0 Å². The van der Waals surface area contributed by atoms with Gasteiger partial charge in [-0.3, -0.25) is 0 Å². The predicted octanol–water partition coefficient (Wildman–Crippen LogP) is 3.53. The van der Waals surface area contributed by atoms with Gasteiger partial charge in [0.25, 0.3) is 0 Å². The molecule has 0 aliphatic carbocycles. The molecule has 2 aromatic carbocycles. The second kappa shape index (κ2) is 9.38. The molecule has 142 valence electrons. The molecule has 0 spiro atoms. The quantitative estimate of drug-likeness (QED) is 0.759. The van der Waals surface area contributed by atoms with Crippen LogP contribution in [0.5, 0.6) is 0 Å². The highest BCUT2D eigenvalue weighted by Crippen LogP contribution is 2.19. The molecule has 2 aromatic rings. The molecule has 27 heavy (non-hydrogen) atoms. The molecule has 2 rings (SSSR count). The number of methoxy groups -OCH3 is 2. The van der Waals surface area contributed by atoms with Gasteiger partial charge in [0.05, 0.1) is 31.4 Å². The van der Waals surface area contributed by atoms with Crippen molar-refractivity contribution in [3.05, 3.63) is 65.2 Å². The van der Waals surface area contributed by atoms with Crippen molar-refractivity contribution in [1.82, 2.24) is 5.32 Å². The minimum Gasteiger partial charge on any atom is -0.465 e. The molecule has 0 fully saturated rings. The fourth-order valence-corrected chi connectivity index (χ4v) is 2.60. The maximum absolute atomic E-state index is 12.4. The summed E-state index contributed by atoms with van der Waals surface area (Å²) in [6, 6.07) is 13.2. The van der Waals surface area contributed by atoms with Crippen molar-refractivity contribution in [1.29, 1.82) is 0 Å². The number of anilines is 1. The van der Waals surface area contributed by atoms with Crippen LogP contribution >= 0.6 is 0 Å². The summed E-state index contributed by atoms with van der Waals surface area (Å²) >= 11 is 0. The van der Waals surface area contributed by atoms with Gasteiger partial charge in [0, 0.05) is 5.69 Å². The van der Waals surface area contributed by atoms with Gasteiger partial charge in [-0.25, -0.2) is 14.4 Å². The van der Waals surface area contributed by atoms with E-state index in [9.17, 15) is 14.4 Å². The molecule has 1 unspecified atom stereocenters. The molecule has 0 aromatic heterocycles. The van der Waals surface area contributed by atoms with Crippen LogP contribution in [0, 0.1) is 0 Å². The van der Waals surface area contributed by atoms with Crippen molar-refractivity contribution in [3.8, 4) is 0 Å². The molecule has 0 bridgehead atoms. The van der Waals surface area contributed by atoms with Crippen molar-refractivity contribution in [3.63, 3.8) is 0 Å². The summed E-state index contributed by atoms with van der Waals surface area (Å²) in [6.45, 7) is 1.96. The number of amides is 2. The molecule has 7 nitrogen and oxygen atoms in total. The summed E-state index contributed by atoms with van der Waals surface area (Å²) in [5.41, 5.74) is 1.52. The van der Waals surface area contributed by atoms with E-state index in [0.29, 0.717) is 6.42 Å². The molecule has 0 aliphatic heterocycles. The number of hydrogen-bond acceptors (Lipinski definition) is 5. The molecule has 0 saturated carbocycles. The van der Waals surface area contributed by atoms with Crippen LogP contribution in [0.25, 0.3) is 0 Å². The average Bonchev–Trinajstić information content (AvgIpc) is 2.71. The lowest BCUT2D eigenvalue weighted by atomic mass is 10.1. The van der Waals surface area contributed by atoms with E-state index in [1.165, 1.54) is 32.4 Å². The lowest BCUT2D eigenvalue weighted by molar-refractivity contribution is 0.0599. The third kappa shape index (κ3) is 5.31. The largest absolute Gasteiger partial charge is 0.465 e. The van der Waals surface area contributed by atoms with Crippen LogP contribution in [0.4, 0.5) is 10.5 Å². The van der Waals surface area contributed by atoms with E-state index >= 15 is 0 Å². The SMILES string of the molecule is CCC(NC(=O)Nc1cc(C(=O)OC)cc(C(=O)OC)c1)c1ccccc1. The van der Waals surface area contributed by atoms with Gasteiger partial charge in [0.15, 0.2) is 0 Å². The maximum atomic E-state index is 12.4. The number of carbonyl (C=O) groups is 3. The Kier molecular flexibility index (Phi) is 6.93. The van der Waals surface area contributed by atoms with Gasteiger partial charge in [-0.15, -0.1) is 0 Å². The Morgan fingerprint density at radius 3 is 1.96 bits per heavy atom. The van der Waals surface area contributed by atoms with Gasteiger partial charge >= 0.3 is 18.0 Å². The standard InChI is InChI=1S/C20H22N2O5/c1-4-17(13-8-6-5-7-9-13)22-20(25)21-16-11-14(18(23)26-2)10-15(12-16)19(24)27-3/h5-12,17H,4H2,1-3H3,(H2,21,22,25). The Morgan fingerprint density at radius 2 is 1.48 bits per heavy atom. The third-order valence-electron chi connectivity index (χ3n) is 3.95. The maximum Gasteiger partial charge on any atom is 0.337 e. The highest BCUT2D eigenvalue weighted by Gasteiger charge is 2.16. The summed E-state index contributed by atoms with van der Waals surface area (Å²) in [4.78, 5) is 36.0. The van der Waals surface area contributed by atoms with E-state index in [1.54, 1.807) is 0 Å². The lowest BCUT2D eigenvalue weighted by Gasteiger charge is -2.18. The molecule has 0 radical (unpaired) electrons. The Morgan fingerprint density at radius 1 is 0.926 bits per heavy atom. The normalized spacial score (nSPS) is 11.2. The Balaban J connectivity index is 2.20. The summed E-state index contributed by atoms with van der Waals surface area (Å²) < 4.78 is 9.37. The van der Waals surface area contributed by atoms with E-state index in [1.807, 2.05) is 37.3 Å². The lowest BCUT2D eigenvalue weighted by Crippen LogP contribution is -2.32. The second-order valence-corrected chi connectivity index (χ2v) is 5.75. The van der Waals surface area contributed by atoms with Crippen LogP contribution in [0.3, 0.4) is 0 Å². The summed E-state index contributed by atoms with van der Waals surface area (Å²) in [5, 5.41) is 5.52. The molecule has 7 heteroatoms. The van der Waals surface area contributed by atoms with Crippen LogP contribution in [0.15, 0.2) is 48.5 Å². The van der Waals surface area contributed by atoms with Crippen LogP contribution < -0.4 is 10.6 Å². The minimum atomic E-state index is -0.625. The second-order valence-electron chi connectivity index (χ2n) is 5.75. The van der Waals surface area contributed by atoms with Crippen LogP contribution in [0.1, 0.15) is 45.7 Å². The Labute approximate surface area is 157 Å². The van der Waals surface area contributed by atoms with Gasteiger partial charge in [0.2, 0.25) is 0 Å². The molecule has 0 aliphatic rings. The number of ether oxygens (including phenoxy) is 2. The number of nitrogens with one attached hydrogen (secondary N) is 2. The number of rotatable bonds is 6. The molecule has 0 heterocycles. The topological polar surface area (TPSA) is 93.7 Å². The minimum absolute atomic E-state index is 0.130.